The van der Waals surface area contributed by atoms with Crippen LogP contribution in [0.5, 0.6) is 5.88 Å². The average Bonchev–Trinajstić information content (AvgIpc) is 3.76. The van der Waals surface area contributed by atoms with E-state index < -0.39 is 0 Å². The van der Waals surface area contributed by atoms with Crippen molar-refractivity contribution >= 4 is 40.7 Å². The van der Waals surface area contributed by atoms with E-state index in [4.69, 9.17) is 32.9 Å². The Morgan fingerprint density at radius 1 is 0.804 bits per heavy atom. The fourth-order valence-corrected chi connectivity index (χ4v) is 7.32. The van der Waals surface area contributed by atoms with Gasteiger partial charge >= 0.3 is 0 Å². The molecule has 4 N–H and O–H groups in total. The standard InChI is InChI=1S/C38H37Cl2N7O4/c1-51-37-23(17-41-20-25-9-12-33(48)44-25)8-11-31(46-37)30-7-3-6-29(36(30)40)28-5-2-4-27(35(28)39)22-14-15-47-32(16-22)43-19-24(38(47)50)18-42-21-26-10-13-34(49)45-26/h2-8,11,14-16,19,25-26,41-42H,9-10,12-13,17-18,20-21H2,1H3,(H,44,48)(H,45,49). The normalized spacial score (nSPS) is 17.2. The van der Waals surface area contributed by atoms with Crippen LogP contribution in [0.2, 0.25) is 10.0 Å². The second kappa shape index (κ2) is 15.2. The molecule has 2 amide bonds. The quantitative estimate of drug-likeness (QED) is 0.139. The number of methoxy groups -OCH3 is 1. The zero-order valence-electron chi connectivity index (χ0n) is 28.0. The molecule has 2 atom stereocenters. The Hall–Kier alpha value is -4.81. The first-order valence-electron chi connectivity index (χ1n) is 16.9. The molecule has 13 heteroatoms. The van der Waals surface area contributed by atoms with Crippen LogP contribution in [0.4, 0.5) is 0 Å². The Bertz CT molecular complexity index is 2190. The maximum Gasteiger partial charge on any atom is 0.262 e. The predicted octanol–water partition coefficient (Wildman–Crippen LogP) is 5.14. The first-order chi connectivity index (χ1) is 24.8. The minimum Gasteiger partial charge on any atom is -0.481 e. The summed E-state index contributed by atoms with van der Waals surface area (Å²) in [5, 5.41) is 13.5. The van der Waals surface area contributed by atoms with Crippen molar-refractivity contribution in [3.8, 4) is 39.4 Å². The molecule has 0 radical (unpaired) electrons. The first kappa shape index (κ1) is 34.6. The van der Waals surface area contributed by atoms with Gasteiger partial charge in [0.25, 0.3) is 5.56 Å². The van der Waals surface area contributed by atoms with E-state index >= 15 is 0 Å². The third kappa shape index (κ3) is 7.48. The molecule has 2 saturated heterocycles. The number of hydrogen-bond acceptors (Lipinski definition) is 8. The third-order valence-electron chi connectivity index (χ3n) is 9.37. The molecule has 5 heterocycles. The number of halogens is 2. The second-order valence-electron chi connectivity index (χ2n) is 12.8. The van der Waals surface area contributed by atoms with Crippen molar-refractivity contribution in [2.24, 2.45) is 0 Å². The minimum atomic E-state index is -0.161. The predicted molar refractivity (Wildman–Crippen MR) is 198 cm³/mol. The summed E-state index contributed by atoms with van der Waals surface area (Å²) in [6, 6.07) is 19.3. The highest BCUT2D eigenvalue weighted by Gasteiger charge is 2.22. The molecule has 0 bridgehead atoms. The largest absolute Gasteiger partial charge is 0.481 e. The number of nitrogens with one attached hydrogen (secondary N) is 4. The number of carbonyl (C=O) groups is 2. The van der Waals surface area contributed by atoms with Crippen molar-refractivity contribution in [1.29, 1.82) is 0 Å². The Labute approximate surface area is 304 Å². The van der Waals surface area contributed by atoms with Crippen molar-refractivity contribution in [2.75, 3.05) is 20.2 Å². The molecule has 2 aliphatic rings. The Kier molecular flexibility index (Phi) is 10.3. The van der Waals surface area contributed by atoms with Crippen LogP contribution in [0.1, 0.15) is 36.8 Å². The molecule has 2 aliphatic heterocycles. The van der Waals surface area contributed by atoms with E-state index in [2.05, 4.69) is 26.3 Å². The number of fused-ring (bicyclic) bond motifs is 1. The maximum atomic E-state index is 13.3. The summed E-state index contributed by atoms with van der Waals surface area (Å²) in [5.74, 6) is 0.642. The maximum absolute atomic E-state index is 13.3. The molecular formula is C38H37Cl2N7O4. The minimum absolute atomic E-state index is 0.0607. The van der Waals surface area contributed by atoms with E-state index in [1.807, 2.05) is 60.7 Å². The van der Waals surface area contributed by atoms with Gasteiger partial charge in [0, 0.05) is 96.9 Å². The van der Waals surface area contributed by atoms with Crippen LogP contribution < -0.4 is 31.6 Å². The van der Waals surface area contributed by atoms with Gasteiger partial charge in [-0.3, -0.25) is 18.8 Å². The topological polar surface area (TPSA) is 139 Å². The zero-order valence-corrected chi connectivity index (χ0v) is 29.5. The molecule has 2 fully saturated rings. The van der Waals surface area contributed by atoms with Crippen LogP contribution in [0, 0.1) is 0 Å². The molecule has 5 aromatic rings. The molecule has 11 nitrogen and oxygen atoms in total. The third-order valence-corrected chi connectivity index (χ3v) is 10.2. The summed E-state index contributed by atoms with van der Waals surface area (Å²) in [4.78, 5) is 45.6. The molecule has 0 spiro atoms. The Morgan fingerprint density at radius 3 is 2.04 bits per heavy atom. The van der Waals surface area contributed by atoms with Gasteiger partial charge < -0.3 is 26.0 Å². The molecule has 2 aromatic carbocycles. The highest BCUT2D eigenvalue weighted by molar-refractivity contribution is 6.39. The number of hydrogen-bond donors (Lipinski definition) is 4. The van der Waals surface area contributed by atoms with Crippen molar-refractivity contribution in [3.05, 3.63) is 105 Å². The summed E-state index contributed by atoms with van der Waals surface area (Å²) < 4.78 is 7.16. The van der Waals surface area contributed by atoms with Crippen LogP contribution in [0.3, 0.4) is 0 Å². The van der Waals surface area contributed by atoms with Crippen LogP contribution in [0.15, 0.2) is 77.9 Å². The summed E-state index contributed by atoms with van der Waals surface area (Å²) >= 11 is 14.2. The second-order valence-corrected chi connectivity index (χ2v) is 13.6. The van der Waals surface area contributed by atoms with Crippen LogP contribution >= 0.6 is 23.2 Å². The van der Waals surface area contributed by atoms with E-state index in [-0.39, 0.29) is 29.5 Å². The summed E-state index contributed by atoms with van der Waals surface area (Å²) in [5.41, 5.74) is 6.21. The van der Waals surface area contributed by atoms with E-state index in [0.717, 1.165) is 46.2 Å². The van der Waals surface area contributed by atoms with Gasteiger partial charge in [-0.2, -0.15) is 0 Å². The highest BCUT2D eigenvalue weighted by atomic mass is 35.5. The molecule has 0 saturated carbocycles. The lowest BCUT2D eigenvalue weighted by Gasteiger charge is -2.16. The molecule has 262 valence electrons. The van der Waals surface area contributed by atoms with Gasteiger partial charge in [-0.05, 0) is 36.6 Å². The van der Waals surface area contributed by atoms with Crippen molar-refractivity contribution < 1.29 is 14.3 Å². The SMILES string of the molecule is COc1nc(-c2cccc(-c3cccc(-c4ccn5c(=O)c(CNCC6CCC(=O)N6)cnc5c4)c3Cl)c2Cl)ccc1CNCC1CCC(=O)N1. The number of amides is 2. The van der Waals surface area contributed by atoms with Gasteiger partial charge in [0.05, 0.1) is 22.8 Å². The molecular weight excluding hydrogens is 689 g/mol. The summed E-state index contributed by atoms with van der Waals surface area (Å²) in [7, 11) is 1.59. The van der Waals surface area contributed by atoms with Gasteiger partial charge in [0.15, 0.2) is 0 Å². The number of nitrogens with zero attached hydrogens (tertiary/aromatic N) is 3. The molecule has 3 aromatic heterocycles. The van der Waals surface area contributed by atoms with Gasteiger partial charge in [-0.25, -0.2) is 9.97 Å². The van der Waals surface area contributed by atoms with Crippen molar-refractivity contribution in [3.63, 3.8) is 0 Å². The molecule has 0 aliphatic carbocycles. The van der Waals surface area contributed by atoms with Crippen LogP contribution in [-0.4, -0.2) is 58.5 Å². The smallest absolute Gasteiger partial charge is 0.262 e. The fourth-order valence-electron chi connectivity index (χ4n) is 6.66. The zero-order chi connectivity index (χ0) is 35.5. The lowest BCUT2D eigenvalue weighted by molar-refractivity contribution is -0.120. The number of rotatable bonds is 12. The number of aromatic nitrogens is 3. The van der Waals surface area contributed by atoms with Gasteiger partial charge in [0.2, 0.25) is 17.7 Å². The van der Waals surface area contributed by atoms with Crippen LogP contribution in [0.25, 0.3) is 39.2 Å². The first-order valence-corrected chi connectivity index (χ1v) is 17.7. The van der Waals surface area contributed by atoms with Gasteiger partial charge in [-0.15, -0.1) is 0 Å². The van der Waals surface area contributed by atoms with E-state index in [1.54, 1.807) is 19.5 Å². The monoisotopic (exact) mass is 725 g/mol. The Morgan fingerprint density at radius 2 is 1.41 bits per heavy atom. The number of pyridine rings is 2. The lowest BCUT2D eigenvalue weighted by atomic mass is 9.97. The fraction of sp³-hybridized carbons (Fsp3) is 0.289. The van der Waals surface area contributed by atoms with E-state index in [9.17, 15) is 14.4 Å². The van der Waals surface area contributed by atoms with Crippen LogP contribution in [-0.2, 0) is 22.7 Å². The summed E-state index contributed by atoms with van der Waals surface area (Å²) in [6.45, 7) is 2.15. The average molecular weight is 727 g/mol. The Balaban J connectivity index is 1.10. The molecule has 51 heavy (non-hydrogen) atoms. The van der Waals surface area contributed by atoms with Crippen molar-refractivity contribution in [2.45, 2.75) is 50.9 Å². The number of carbonyl (C=O) groups excluding carboxylic acids is 2. The summed E-state index contributed by atoms with van der Waals surface area (Å²) in [6.07, 6.45) is 6.01. The van der Waals surface area contributed by atoms with Gasteiger partial charge in [0.1, 0.15) is 5.65 Å². The molecule has 2 unspecified atom stereocenters. The van der Waals surface area contributed by atoms with Crippen molar-refractivity contribution in [1.82, 2.24) is 35.6 Å². The lowest BCUT2D eigenvalue weighted by Crippen LogP contribution is -2.36. The van der Waals surface area contributed by atoms with Gasteiger partial charge in [-0.1, -0.05) is 65.7 Å². The van der Waals surface area contributed by atoms with E-state index in [1.165, 1.54) is 4.40 Å². The van der Waals surface area contributed by atoms with E-state index in [0.29, 0.717) is 71.9 Å². The number of ether oxygens (including phenoxy) is 1. The highest BCUT2D eigenvalue weighted by Crippen LogP contribution is 2.42. The molecule has 7 rings (SSSR count). The number of benzene rings is 2.